The summed E-state index contributed by atoms with van der Waals surface area (Å²) in [6.45, 7) is 4.06. The normalized spacial score (nSPS) is 14.4. The lowest BCUT2D eigenvalue weighted by Crippen LogP contribution is -2.37. The van der Waals surface area contributed by atoms with Gasteiger partial charge in [-0.15, -0.1) is 0 Å². The molecule has 0 amide bonds. The van der Waals surface area contributed by atoms with Crippen molar-refractivity contribution in [3.8, 4) is 5.75 Å². The molecule has 158 valence electrons. The van der Waals surface area contributed by atoms with Crippen LogP contribution >= 0.6 is 0 Å². The lowest BCUT2D eigenvalue weighted by molar-refractivity contribution is 0.411. The lowest BCUT2D eigenvalue weighted by Gasteiger charge is -2.30. The second kappa shape index (κ2) is 8.23. The van der Waals surface area contributed by atoms with Crippen LogP contribution < -0.4 is 13.8 Å². The highest BCUT2D eigenvalue weighted by Gasteiger charge is 2.27. The molecule has 0 saturated carbocycles. The Morgan fingerprint density at radius 2 is 1.86 bits per heavy atom. The molecule has 0 bridgehead atoms. The number of benzene rings is 2. The van der Waals surface area contributed by atoms with E-state index in [0.29, 0.717) is 42.9 Å². The highest BCUT2D eigenvalue weighted by Crippen LogP contribution is 2.33. The zero-order valence-electron chi connectivity index (χ0n) is 16.8. The van der Waals surface area contributed by atoms with Crippen molar-refractivity contribution in [2.75, 3.05) is 28.4 Å². The second-order valence-electron chi connectivity index (χ2n) is 7.07. The van der Waals surface area contributed by atoms with E-state index >= 15 is 0 Å². The van der Waals surface area contributed by atoms with Gasteiger partial charge in [-0.1, -0.05) is 6.92 Å². The fourth-order valence-electron chi connectivity index (χ4n) is 3.52. The standard InChI is InChI=1S/C20H26N2O5S2/c1-4-12-28(23,24)22-11-5-6-16-14-17(7-9-19(16)22)21-29(25,26)18-8-10-20(27-3)15(2)13-18/h7-10,13-14,21H,4-6,11-12H2,1-3H3. The van der Waals surface area contributed by atoms with Gasteiger partial charge in [-0.3, -0.25) is 9.03 Å². The van der Waals surface area contributed by atoms with Gasteiger partial charge in [0.15, 0.2) is 0 Å². The Morgan fingerprint density at radius 3 is 2.52 bits per heavy atom. The molecule has 2 aromatic carbocycles. The van der Waals surface area contributed by atoms with Gasteiger partial charge in [-0.2, -0.15) is 0 Å². The van der Waals surface area contributed by atoms with E-state index in [0.717, 1.165) is 11.1 Å². The van der Waals surface area contributed by atoms with Crippen LogP contribution in [0, 0.1) is 6.92 Å². The van der Waals surface area contributed by atoms with Crippen LogP contribution in [0.1, 0.15) is 30.9 Å². The van der Waals surface area contributed by atoms with Crippen LogP contribution in [0.15, 0.2) is 41.3 Å². The molecule has 7 nitrogen and oxygen atoms in total. The average Bonchev–Trinajstić information content (AvgIpc) is 2.67. The number of fused-ring (bicyclic) bond motifs is 1. The first-order valence-corrected chi connectivity index (χ1v) is 12.6. The summed E-state index contributed by atoms with van der Waals surface area (Å²) in [5.41, 5.74) is 2.58. The van der Waals surface area contributed by atoms with Crippen LogP contribution in [0.2, 0.25) is 0 Å². The molecule has 1 aliphatic heterocycles. The summed E-state index contributed by atoms with van der Waals surface area (Å²) < 4.78 is 59.8. The Morgan fingerprint density at radius 1 is 1.10 bits per heavy atom. The summed E-state index contributed by atoms with van der Waals surface area (Å²) in [5, 5.41) is 0. The molecule has 29 heavy (non-hydrogen) atoms. The number of rotatable bonds is 7. The van der Waals surface area contributed by atoms with Crippen molar-refractivity contribution in [3.05, 3.63) is 47.5 Å². The maximum Gasteiger partial charge on any atom is 0.261 e. The van der Waals surface area contributed by atoms with Crippen LogP contribution in [-0.4, -0.2) is 36.2 Å². The number of ether oxygens (including phenoxy) is 1. The second-order valence-corrected chi connectivity index (χ2v) is 10.8. The molecular formula is C20H26N2O5S2. The van der Waals surface area contributed by atoms with Crippen LogP contribution in [0.25, 0.3) is 0 Å². The molecule has 1 N–H and O–H groups in total. The number of hydrogen-bond donors (Lipinski definition) is 1. The zero-order chi connectivity index (χ0) is 21.2. The van der Waals surface area contributed by atoms with E-state index in [1.165, 1.54) is 17.5 Å². The van der Waals surface area contributed by atoms with Crippen molar-refractivity contribution in [2.45, 2.75) is 38.0 Å². The maximum absolute atomic E-state index is 12.8. The third-order valence-electron chi connectivity index (χ3n) is 4.88. The molecule has 0 fully saturated rings. The first-order chi connectivity index (χ1) is 13.7. The molecule has 3 rings (SSSR count). The van der Waals surface area contributed by atoms with E-state index in [9.17, 15) is 16.8 Å². The molecule has 0 aliphatic carbocycles. The molecule has 0 saturated heterocycles. The quantitative estimate of drug-likeness (QED) is 0.716. The molecule has 1 aliphatic rings. The number of anilines is 2. The molecule has 0 atom stereocenters. The van der Waals surface area contributed by atoms with Gasteiger partial charge in [0.1, 0.15) is 5.75 Å². The summed E-state index contributed by atoms with van der Waals surface area (Å²) >= 11 is 0. The minimum Gasteiger partial charge on any atom is -0.496 e. The highest BCUT2D eigenvalue weighted by atomic mass is 32.2. The van der Waals surface area contributed by atoms with E-state index < -0.39 is 20.0 Å². The van der Waals surface area contributed by atoms with Gasteiger partial charge in [0.25, 0.3) is 10.0 Å². The summed E-state index contributed by atoms with van der Waals surface area (Å²) in [7, 11) is -5.61. The summed E-state index contributed by atoms with van der Waals surface area (Å²) in [6.07, 6.45) is 1.95. The van der Waals surface area contributed by atoms with E-state index in [2.05, 4.69) is 4.72 Å². The molecule has 0 aromatic heterocycles. The van der Waals surface area contributed by atoms with Crippen molar-refractivity contribution in [1.82, 2.24) is 0 Å². The molecule has 1 heterocycles. The molecular weight excluding hydrogens is 412 g/mol. The van der Waals surface area contributed by atoms with Crippen molar-refractivity contribution in [3.63, 3.8) is 0 Å². The van der Waals surface area contributed by atoms with Crippen molar-refractivity contribution < 1.29 is 21.6 Å². The van der Waals surface area contributed by atoms with Crippen molar-refractivity contribution in [1.29, 1.82) is 0 Å². The number of aryl methyl sites for hydroxylation is 2. The number of methoxy groups -OCH3 is 1. The largest absolute Gasteiger partial charge is 0.496 e. The van der Waals surface area contributed by atoms with Crippen LogP contribution in [0.3, 0.4) is 0 Å². The molecule has 2 aromatic rings. The zero-order valence-corrected chi connectivity index (χ0v) is 18.4. The Kier molecular flexibility index (Phi) is 6.09. The predicted octanol–water partition coefficient (Wildman–Crippen LogP) is 3.30. The third kappa shape index (κ3) is 4.51. The van der Waals surface area contributed by atoms with Gasteiger partial charge in [-0.25, -0.2) is 16.8 Å². The lowest BCUT2D eigenvalue weighted by atomic mass is 10.0. The Hall–Kier alpha value is -2.26. The number of nitrogens with one attached hydrogen (secondary N) is 1. The molecule has 9 heteroatoms. The van der Waals surface area contributed by atoms with Crippen LogP contribution in [0.4, 0.5) is 11.4 Å². The van der Waals surface area contributed by atoms with E-state index in [4.69, 9.17) is 4.74 Å². The van der Waals surface area contributed by atoms with Gasteiger partial charge >= 0.3 is 0 Å². The molecule has 0 radical (unpaired) electrons. The van der Waals surface area contributed by atoms with Crippen LogP contribution in [-0.2, 0) is 26.5 Å². The van der Waals surface area contributed by atoms with Gasteiger partial charge < -0.3 is 4.74 Å². The maximum atomic E-state index is 12.8. The van der Waals surface area contributed by atoms with Crippen molar-refractivity contribution >= 4 is 31.4 Å². The minimum atomic E-state index is -3.78. The van der Waals surface area contributed by atoms with Crippen LogP contribution in [0.5, 0.6) is 5.75 Å². The topological polar surface area (TPSA) is 92.8 Å². The molecule has 0 unspecified atom stereocenters. The number of nitrogens with zero attached hydrogens (tertiary/aromatic N) is 1. The summed E-state index contributed by atoms with van der Waals surface area (Å²) in [4.78, 5) is 0.140. The monoisotopic (exact) mass is 438 g/mol. The smallest absolute Gasteiger partial charge is 0.261 e. The fourth-order valence-corrected chi connectivity index (χ4v) is 6.27. The van der Waals surface area contributed by atoms with Crippen molar-refractivity contribution in [2.24, 2.45) is 0 Å². The Balaban J connectivity index is 1.89. The Bertz CT molecular complexity index is 1110. The van der Waals surface area contributed by atoms with E-state index in [1.807, 2.05) is 6.92 Å². The minimum absolute atomic E-state index is 0.0949. The SMILES string of the molecule is CCCS(=O)(=O)N1CCCc2cc(NS(=O)(=O)c3ccc(OC)c(C)c3)ccc21. The van der Waals surface area contributed by atoms with Gasteiger partial charge in [0, 0.05) is 12.2 Å². The number of sulfonamides is 2. The number of hydrogen-bond acceptors (Lipinski definition) is 5. The third-order valence-corrected chi connectivity index (χ3v) is 8.24. The summed E-state index contributed by atoms with van der Waals surface area (Å²) in [6, 6.07) is 9.67. The fraction of sp³-hybridized carbons (Fsp3) is 0.400. The first kappa shape index (κ1) is 21.4. The average molecular weight is 439 g/mol. The molecule has 0 spiro atoms. The highest BCUT2D eigenvalue weighted by molar-refractivity contribution is 7.93. The summed E-state index contributed by atoms with van der Waals surface area (Å²) in [5.74, 6) is 0.712. The van der Waals surface area contributed by atoms with Gasteiger partial charge in [-0.05, 0) is 73.7 Å². The first-order valence-electron chi connectivity index (χ1n) is 9.49. The van der Waals surface area contributed by atoms with Gasteiger partial charge in [0.2, 0.25) is 10.0 Å². The van der Waals surface area contributed by atoms with E-state index in [1.54, 1.807) is 37.3 Å². The Labute approximate surface area is 172 Å². The van der Waals surface area contributed by atoms with Gasteiger partial charge in [0.05, 0.1) is 23.4 Å². The van der Waals surface area contributed by atoms with E-state index in [-0.39, 0.29) is 10.6 Å². The predicted molar refractivity (Wildman–Crippen MR) is 115 cm³/mol.